The molecule has 1 aromatic heterocycles. The fraction of sp³-hybridized carbons (Fsp3) is 0.286. The molecule has 0 atom stereocenters. The zero-order valence-electron chi connectivity index (χ0n) is 10.9. The summed E-state index contributed by atoms with van der Waals surface area (Å²) in [5.41, 5.74) is 1.76. The third-order valence-electron chi connectivity index (χ3n) is 2.72. The number of aryl methyl sites for hydroxylation is 2. The van der Waals surface area contributed by atoms with E-state index in [-0.39, 0.29) is 11.7 Å². The van der Waals surface area contributed by atoms with Crippen LogP contribution in [0.4, 0.5) is 4.39 Å². The number of amides is 1. The molecule has 0 unspecified atom stereocenters. The zero-order chi connectivity index (χ0) is 13.8. The normalized spacial score (nSPS) is 10.5. The van der Waals surface area contributed by atoms with Crippen molar-refractivity contribution >= 4 is 17.2 Å². The predicted molar refractivity (Wildman–Crippen MR) is 74.0 cm³/mol. The van der Waals surface area contributed by atoms with Gasteiger partial charge in [-0.15, -0.1) is 11.3 Å². The smallest absolute Gasteiger partial charge is 0.263 e. The van der Waals surface area contributed by atoms with Crippen LogP contribution in [0.2, 0.25) is 0 Å². The summed E-state index contributed by atoms with van der Waals surface area (Å²) in [6.07, 6.45) is 0.683. The summed E-state index contributed by atoms with van der Waals surface area (Å²) in [4.78, 5) is 16.8. The summed E-state index contributed by atoms with van der Waals surface area (Å²) in [7, 11) is 0. The van der Waals surface area contributed by atoms with Crippen molar-refractivity contribution in [2.75, 3.05) is 6.54 Å². The molecule has 2 aromatic rings. The van der Waals surface area contributed by atoms with Crippen LogP contribution in [0.3, 0.4) is 0 Å². The maximum absolute atomic E-state index is 12.7. The van der Waals surface area contributed by atoms with Crippen molar-refractivity contribution in [1.29, 1.82) is 0 Å². The van der Waals surface area contributed by atoms with Crippen molar-refractivity contribution in [3.63, 3.8) is 0 Å². The Labute approximate surface area is 115 Å². The Morgan fingerprint density at radius 2 is 2.00 bits per heavy atom. The first kappa shape index (κ1) is 13.7. The van der Waals surface area contributed by atoms with Crippen molar-refractivity contribution in [2.24, 2.45) is 0 Å². The Bertz CT molecular complexity index is 578. The summed E-state index contributed by atoms with van der Waals surface area (Å²) in [5.74, 6) is -0.339. The maximum Gasteiger partial charge on any atom is 0.263 e. The Hall–Kier alpha value is -1.75. The fourth-order valence-corrected chi connectivity index (χ4v) is 2.63. The predicted octanol–water partition coefficient (Wildman–Crippen LogP) is 2.87. The number of carbonyl (C=O) groups is 1. The first-order valence-corrected chi connectivity index (χ1v) is 6.84. The van der Waals surface area contributed by atoms with E-state index >= 15 is 0 Å². The number of benzene rings is 1. The molecule has 0 saturated heterocycles. The van der Waals surface area contributed by atoms with E-state index in [1.807, 2.05) is 13.8 Å². The first-order valence-electron chi connectivity index (χ1n) is 6.03. The topological polar surface area (TPSA) is 42.0 Å². The van der Waals surface area contributed by atoms with Gasteiger partial charge in [-0.3, -0.25) is 4.79 Å². The molecule has 0 spiro atoms. The van der Waals surface area contributed by atoms with Crippen LogP contribution < -0.4 is 5.32 Å². The number of rotatable bonds is 4. The van der Waals surface area contributed by atoms with Crippen molar-refractivity contribution in [3.8, 4) is 0 Å². The Balaban J connectivity index is 1.87. The first-order chi connectivity index (χ1) is 9.06. The highest BCUT2D eigenvalue weighted by molar-refractivity contribution is 7.13. The second-order valence-electron chi connectivity index (χ2n) is 4.28. The molecule has 0 aliphatic carbocycles. The summed E-state index contributed by atoms with van der Waals surface area (Å²) in [6.45, 7) is 4.24. The average Bonchev–Trinajstić information content (AvgIpc) is 2.71. The molecule has 1 aromatic carbocycles. The number of thiazole rings is 1. The summed E-state index contributed by atoms with van der Waals surface area (Å²) < 4.78 is 12.7. The third kappa shape index (κ3) is 3.61. The van der Waals surface area contributed by atoms with E-state index in [1.54, 1.807) is 12.1 Å². The Morgan fingerprint density at radius 1 is 1.32 bits per heavy atom. The van der Waals surface area contributed by atoms with Crippen molar-refractivity contribution in [3.05, 3.63) is 51.2 Å². The average molecular weight is 278 g/mol. The zero-order valence-corrected chi connectivity index (χ0v) is 11.7. The molecule has 0 radical (unpaired) electrons. The van der Waals surface area contributed by atoms with Crippen molar-refractivity contribution in [2.45, 2.75) is 20.3 Å². The lowest BCUT2D eigenvalue weighted by atomic mass is 10.1. The molecule has 1 heterocycles. The van der Waals surface area contributed by atoms with Crippen LogP contribution >= 0.6 is 11.3 Å². The fourth-order valence-electron chi connectivity index (χ4n) is 1.79. The van der Waals surface area contributed by atoms with Gasteiger partial charge >= 0.3 is 0 Å². The molecule has 3 nitrogen and oxygen atoms in total. The quantitative estimate of drug-likeness (QED) is 0.934. The van der Waals surface area contributed by atoms with Gasteiger partial charge in [0.25, 0.3) is 5.91 Å². The van der Waals surface area contributed by atoms with Crippen molar-refractivity contribution < 1.29 is 9.18 Å². The van der Waals surface area contributed by atoms with Gasteiger partial charge in [-0.1, -0.05) is 12.1 Å². The summed E-state index contributed by atoms with van der Waals surface area (Å²) in [5, 5.41) is 3.74. The van der Waals surface area contributed by atoms with E-state index < -0.39 is 0 Å². The Kier molecular flexibility index (Phi) is 4.27. The molecule has 1 N–H and O–H groups in total. The lowest BCUT2D eigenvalue weighted by Gasteiger charge is -2.04. The molecule has 19 heavy (non-hydrogen) atoms. The van der Waals surface area contributed by atoms with Crippen LogP contribution in [0.15, 0.2) is 24.3 Å². The molecular formula is C14H15FN2OS. The molecule has 1 amide bonds. The third-order valence-corrected chi connectivity index (χ3v) is 3.79. The van der Waals surface area contributed by atoms with Gasteiger partial charge in [-0.05, 0) is 38.0 Å². The largest absolute Gasteiger partial charge is 0.351 e. The number of nitrogens with zero attached hydrogens (tertiary/aromatic N) is 1. The highest BCUT2D eigenvalue weighted by atomic mass is 32.1. The molecule has 0 fully saturated rings. The Morgan fingerprint density at radius 3 is 2.58 bits per heavy atom. The van der Waals surface area contributed by atoms with Crippen LogP contribution in [-0.4, -0.2) is 17.4 Å². The van der Waals surface area contributed by atoms with E-state index in [1.165, 1.54) is 23.5 Å². The standard InChI is InChI=1S/C14H15FN2OS/c1-9-13(19-10(2)17-9)14(18)16-8-7-11-3-5-12(15)6-4-11/h3-6H,7-8H2,1-2H3,(H,16,18). The van der Waals surface area contributed by atoms with Crippen LogP contribution in [0, 0.1) is 19.7 Å². The molecule has 2 rings (SSSR count). The van der Waals surface area contributed by atoms with E-state index in [2.05, 4.69) is 10.3 Å². The highest BCUT2D eigenvalue weighted by Crippen LogP contribution is 2.16. The van der Waals surface area contributed by atoms with Gasteiger partial charge in [0.05, 0.1) is 10.7 Å². The number of hydrogen-bond donors (Lipinski definition) is 1. The second kappa shape index (κ2) is 5.93. The van der Waals surface area contributed by atoms with Gasteiger partial charge < -0.3 is 5.32 Å². The van der Waals surface area contributed by atoms with E-state index in [0.29, 0.717) is 17.8 Å². The minimum atomic E-state index is -0.247. The van der Waals surface area contributed by atoms with Gasteiger partial charge in [0, 0.05) is 6.54 Å². The lowest BCUT2D eigenvalue weighted by molar-refractivity contribution is 0.0957. The molecule has 5 heteroatoms. The number of halogens is 1. The van der Waals surface area contributed by atoms with Crippen LogP contribution in [-0.2, 0) is 6.42 Å². The number of aromatic nitrogens is 1. The molecule has 0 bridgehead atoms. The lowest BCUT2D eigenvalue weighted by Crippen LogP contribution is -2.25. The molecular weight excluding hydrogens is 263 g/mol. The van der Waals surface area contributed by atoms with Gasteiger partial charge in [0.2, 0.25) is 0 Å². The van der Waals surface area contributed by atoms with E-state index in [9.17, 15) is 9.18 Å². The van der Waals surface area contributed by atoms with Gasteiger partial charge in [-0.2, -0.15) is 0 Å². The van der Waals surface area contributed by atoms with Crippen molar-refractivity contribution in [1.82, 2.24) is 10.3 Å². The molecule has 0 aliphatic rings. The SMILES string of the molecule is Cc1nc(C)c(C(=O)NCCc2ccc(F)cc2)s1. The number of hydrogen-bond acceptors (Lipinski definition) is 3. The minimum Gasteiger partial charge on any atom is -0.351 e. The molecule has 100 valence electrons. The summed E-state index contributed by atoms with van der Waals surface area (Å²) >= 11 is 1.40. The van der Waals surface area contributed by atoms with E-state index in [0.717, 1.165) is 16.3 Å². The van der Waals surface area contributed by atoms with Crippen LogP contribution in [0.5, 0.6) is 0 Å². The van der Waals surface area contributed by atoms with Crippen LogP contribution in [0.1, 0.15) is 25.9 Å². The molecule has 0 aliphatic heterocycles. The van der Waals surface area contributed by atoms with E-state index in [4.69, 9.17) is 0 Å². The maximum atomic E-state index is 12.7. The molecule has 0 saturated carbocycles. The number of carbonyl (C=O) groups excluding carboxylic acids is 1. The highest BCUT2D eigenvalue weighted by Gasteiger charge is 2.12. The number of nitrogens with one attached hydrogen (secondary N) is 1. The second-order valence-corrected chi connectivity index (χ2v) is 5.48. The minimum absolute atomic E-state index is 0.0924. The monoisotopic (exact) mass is 278 g/mol. The van der Waals surface area contributed by atoms with Crippen LogP contribution in [0.25, 0.3) is 0 Å². The van der Waals surface area contributed by atoms with Gasteiger partial charge in [0.15, 0.2) is 0 Å². The summed E-state index contributed by atoms with van der Waals surface area (Å²) in [6, 6.07) is 6.30. The van der Waals surface area contributed by atoms with Gasteiger partial charge in [0.1, 0.15) is 10.7 Å². The van der Waals surface area contributed by atoms with Gasteiger partial charge in [-0.25, -0.2) is 9.37 Å².